The molecule has 0 aromatic heterocycles. The zero-order chi connectivity index (χ0) is 43.2. The summed E-state index contributed by atoms with van der Waals surface area (Å²) < 4.78 is 25.8. The lowest BCUT2D eigenvalue weighted by Crippen LogP contribution is -2.59. The molecule has 1 aliphatic heterocycles. The molecule has 1 aliphatic rings. The first-order valence-electron chi connectivity index (χ1n) is 20.6. The van der Waals surface area contributed by atoms with Crippen molar-refractivity contribution < 1.29 is 37.8 Å². The zero-order valence-electron chi connectivity index (χ0n) is 36.8. The largest absolute Gasteiger partial charge is 0.378 e. The Kier molecular flexibility index (Phi) is 20.1. The number of nitrogens with zero attached hydrogens (tertiary/aromatic N) is 2. The molecule has 5 amide bonds. The average Bonchev–Trinajstić information content (AvgIpc) is 3.63. The molecule has 0 saturated carbocycles. The quantitative estimate of drug-likeness (QED) is 0.136. The smallest absolute Gasteiger partial charge is 0.245 e. The number of amides is 5. The van der Waals surface area contributed by atoms with Gasteiger partial charge in [0, 0.05) is 32.7 Å². The van der Waals surface area contributed by atoms with Crippen LogP contribution >= 0.6 is 0 Å². The molecule has 2 rings (SSSR count). The summed E-state index contributed by atoms with van der Waals surface area (Å²) in [7, 11) is 4.82. The van der Waals surface area contributed by atoms with Gasteiger partial charge in [-0.3, -0.25) is 24.0 Å². The molecule has 0 radical (unpaired) electrons. The molecule has 1 heterocycles. The minimum absolute atomic E-state index is 0.0159. The van der Waals surface area contributed by atoms with Crippen molar-refractivity contribution in [3.05, 3.63) is 35.9 Å². The lowest BCUT2D eigenvalue weighted by atomic mass is 9.89. The maximum atomic E-state index is 14.3. The number of nitrogens with one attached hydrogen (secondary N) is 4. The standard InChI is InChI=1S/C43H73FN6O7/c1-14-28(6)37(49(12)42(55)36(27(4)5)47-41(54)35(45-11)26(2)3)33(57-25-44)24-34(51)50-22-18-21-32(50)38(56-13)29(7)39(52)46-31(40(53)48-43(8,9)10)23-30-19-16-15-17-20-30/h15-17,19-20,26-29,31-33,35-38,45H,14,18,21-25H2,1-13H3,(H,46,52)(H,47,54)(H,48,53)/t28-,29+,31-,32-,33+,35-,36-,37-,38+/m0/s1. The zero-order valence-corrected chi connectivity index (χ0v) is 36.8. The average molecular weight is 805 g/mol. The Labute approximate surface area is 341 Å². The third kappa shape index (κ3) is 14.3. The minimum atomic E-state index is -1.16. The summed E-state index contributed by atoms with van der Waals surface area (Å²) in [5, 5.41) is 11.9. The lowest BCUT2D eigenvalue weighted by Gasteiger charge is -2.41. The fourth-order valence-corrected chi connectivity index (χ4v) is 7.88. The predicted molar refractivity (Wildman–Crippen MR) is 221 cm³/mol. The topological polar surface area (TPSA) is 158 Å². The number of halogens is 1. The van der Waals surface area contributed by atoms with Gasteiger partial charge in [-0.2, -0.15) is 0 Å². The van der Waals surface area contributed by atoms with Crippen LogP contribution in [0.25, 0.3) is 0 Å². The number of likely N-dealkylation sites (tertiary alicyclic amines) is 1. The Hall–Kier alpha value is -3.62. The first kappa shape index (κ1) is 49.5. The van der Waals surface area contributed by atoms with Crippen molar-refractivity contribution in [1.29, 1.82) is 0 Å². The van der Waals surface area contributed by atoms with Gasteiger partial charge in [-0.25, -0.2) is 4.39 Å². The van der Waals surface area contributed by atoms with Gasteiger partial charge in [0.25, 0.3) is 0 Å². The van der Waals surface area contributed by atoms with Crippen molar-refractivity contribution in [3.8, 4) is 0 Å². The second-order valence-electron chi connectivity index (χ2n) is 17.4. The summed E-state index contributed by atoms with van der Waals surface area (Å²) in [6.45, 7) is 18.0. The molecule has 57 heavy (non-hydrogen) atoms. The van der Waals surface area contributed by atoms with E-state index in [2.05, 4.69) is 21.3 Å². The third-order valence-corrected chi connectivity index (χ3v) is 11.1. The molecule has 1 fully saturated rings. The Bertz CT molecular complexity index is 1440. The number of benzene rings is 1. The summed E-state index contributed by atoms with van der Waals surface area (Å²) in [5.41, 5.74) is 0.374. The van der Waals surface area contributed by atoms with Crippen molar-refractivity contribution >= 4 is 29.5 Å². The molecule has 1 aromatic carbocycles. The van der Waals surface area contributed by atoms with E-state index in [9.17, 15) is 28.4 Å². The molecule has 4 N–H and O–H groups in total. The van der Waals surface area contributed by atoms with Gasteiger partial charge in [0.15, 0.2) is 6.86 Å². The normalized spacial score (nSPS) is 18.9. The number of hydrogen-bond acceptors (Lipinski definition) is 8. The molecule has 0 spiro atoms. The van der Waals surface area contributed by atoms with Crippen LogP contribution in [0.4, 0.5) is 4.39 Å². The lowest BCUT2D eigenvalue weighted by molar-refractivity contribution is -0.151. The van der Waals surface area contributed by atoms with E-state index in [-0.39, 0.29) is 60.1 Å². The molecular weight excluding hydrogens is 732 g/mol. The molecule has 13 nitrogen and oxygen atoms in total. The van der Waals surface area contributed by atoms with Crippen molar-refractivity contribution in [1.82, 2.24) is 31.1 Å². The minimum Gasteiger partial charge on any atom is -0.378 e. The predicted octanol–water partition coefficient (Wildman–Crippen LogP) is 4.23. The maximum Gasteiger partial charge on any atom is 0.245 e. The van der Waals surface area contributed by atoms with Crippen LogP contribution < -0.4 is 21.3 Å². The highest BCUT2D eigenvalue weighted by Crippen LogP contribution is 2.30. The van der Waals surface area contributed by atoms with E-state index in [1.54, 1.807) is 25.9 Å². The van der Waals surface area contributed by atoms with Crippen LogP contribution in [-0.2, 0) is 39.9 Å². The summed E-state index contributed by atoms with van der Waals surface area (Å²) in [4.78, 5) is 72.2. The van der Waals surface area contributed by atoms with Crippen molar-refractivity contribution in [2.45, 2.75) is 149 Å². The van der Waals surface area contributed by atoms with E-state index < -0.39 is 60.7 Å². The van der Waals surface area contributed by atoms with Crippen LogP contribution in [0.5, 0.6) is 0 Å². The molecule has 324 valence electrons. The van der Waals surface area contributed by atoms with Crippen LogP contribution in [0.15, 0.2) is 30.3 Å². The third-order valence-electron chi connectivity index (χ3n) is 11.1. The second-order valence-corrected chi connectivity index (χ2v) is 17.4. The Morgan fingerprint density at radius 1 is 0.930 bits per heavy atom. The van der Waals surface area contributed by atoms with Crippen molar-refractivity contribution in [2.24, 2.45) is 23.7 Å². The first-order valence-corrected chi connectivity index (χ1v) is 20.6. The van der Waals surface area contributed by atoms with Crippen LogP contribution in [0.1, 0.15) is 100 Å². The molecule has 0 unspecified atom stereocenters. The number of methoxy groups -OCH3 is 1. The molecular formula is C43H73FN6O7. The Morgan fingerprint density at radius 3 is 2.05 bits per heavy atom. The van der Waals surface area contributed by atoms with E-state index >= 15 is 0 Å². The highest BCUT2D eigenvalue weighted by molar-refractivity contribution is 5.91. The molecule has 1 aromatic rings. The molecule has 9 atom stereocenters. The van der Waals surface area contributed by atoms with E-state index in [0.29, 0.717) is 25.8 Å². The summed E-state index contributed by atoms with van der Waals surface area (Å²) in [5.74, 6) is -2.88. The molecule has 0 bridgehead atoms. The summed E-state index contributed by atoms with van der Waals surface area (Å²) in [6, 6.07) is 6.06. The number of alkyl halides is 1. The van der Waals surface area contributed by atoms with Gasteiger partial charge >= 0.3 is 0 Å². The van der Waals surface area contributed by atoms with Gasteiger partial charge in [0.1, 0.15) is 12.1 Å². The maximum absolute atomic E-state index is 14.3. The van der Waals surface area contributed by atoms with Gasteiger partial charge in [-0.05, 0) is 64.0 Å². The summed E-state index contributed by atoms with van der Waals surface area (Å²) in [6.07, 6.45) is 0.203. The fourth-order valence-electron chi connectivity index (χ4n) is 7.88. The molecule has 0 aliphatic carbocycles. The number of carbonyl (C=O) groups is 5. The molecule has 1 saturated heterocycles. The van der Waals surface area contributed by atoms with Crippen LogP contribution in [-0.4, -0.2) is 122 Å². The van der Waals surface area contributed by atoms with Crippen LogP contribution in [0, 0.1) is 23.7 Å². The van der Waals surface area contributed by atoms with Crippen LogP contribution in [0.3, 0.4) is 0 Å². The Balaban J connectivity index is 2.34. The fraction of sp³-hybridized carbons (Fsp3) is 0.744. The number of carbonyl (C=O) groups excluding carboxylic acids is 5. The van der Waals surface area contributed by atoms with Gasteiger partial charge in [-0.15, -0.1) is 0 Å². The first-order chi connectivity index (χ1) is 26.7. The van der Waals surface area contributed by atoms with Crippen molar-refractivity contribution in [3.63, 3.8) is 0 Å². The van der Waals surface area contributed by atoms with Gasteiger partial charge in [0.2, 0.25) is 29.5 Å². The summed E-state index contributed by atoms with van der Waals surface area (Å²) >= 11 is 0. The number of ether oxygens (including phenoxy) is 2. The van der Waals surface area contributed by atoms with Crippen LogP contribution in [0.2, 0.25) is 0 Å². The van der Waals surface area contributed by atoms with Gasteiger partial charge in [0.05, 0.1) is 42.7 Å². The molecule has 14 heteroatoms. The number of rotatable bonds is 22. The number of hydrogen-bond donors (Lipinski definition) is 4. The second kappa shape index (κ2) is 23.1. The van der Waals surface area contributed by atoms with Gasteiger partial charge in [-0.1, -0.05) is 85.2 Å². The SMILES string of the molecule is CC[C@H](C)[C@@H]([C@@H](CC(=O)N1CCC[C@H]1[C@H](OC)[C@@H](C)C(=O)N[C@@H](Cc1ccccc1)C(=O)NC(C)(C)C)OCF)N(C)C(=O)[C@@H](NC(=O)[C@@H](NC)C(C)C)C(C)C. The highest BCUT2D eigenvalue weighted by atomic mass is 19.1. The van der Waals surface area contributed by atoms with E-state index in [1.807, 2.05) is 92.6 Å². The van der Waals surface area contributed by atoms with E-state index in [1.165, 1.54) is 12.0 Å². The Morgan fingerprint density at radius 2 is 1.54 bits per heavy atom. The number of likely N-dealkylation sites (N-methyl/N-ethyl adjacent to an activating group) is 2. The highest BCUT2D eigenvalue weighted by Gasteiger charge is 2.43. The van der Waals surface area contributed by atoms with E-state index in [0.717, 1.165) is 5.56 Å². The monoisotopic (exact) mass is 805 g/mol. The van der Waals surface area contributed by atoms with Gasteiger partial charge < -0.3 is 40.5 Å². The van der Waals surface area contributed by atoms with E-state index in [4.69, 9.17) is 9.47 Å². The van der Waals surface area contributed by atoms with Crippen molar-refractivity contribution in [2.75, 3.05) is 34.6 Å².